The quantitative estimate of drug-likeness (QED) is 0.133. The molecule has 0 amide bonds. The largest absolute Gasteiger partial charge is 0.416 e. The molecule has 2 aromatic heterocycles. The Morgan fingerprint density at radius 1 is 0.586 bits per heavy atom. The van der Waals surface area contributed by atoms with Crippen LogP contribution < -0.4 is 14.6 Å². The number of hydrogen-bond donors (Lipinski definition) is 3. The van der Waals surface area contributed by atoms with Gasteiger partial charge in [-0.05, 0) is 69.8 Å². The molecular weight excluding hydrogens is 817 g/mol. The van der Waals surface area contributed by atoms with Gasteiger partial charge in [0.25, 0.3) is 10.2 Å². The van der Waals surface area contributed by atoms with Crippen molar-refractivity contribution >= 4 is 20.2 Å². The van der Waals surface area contributed by atoms with Gasteiger partial charge in [-0.2, -0.15) is 44.4 Å². The molecule has 2 heterocycles. The molecule has 0 spiro atoms. The van der Waals surface area contributed by atoms with E-state index in [0.717, 1.165) is 47.2 Å². The maximum atomic E-state index is 12.7. The van der Waals surface area contributed by atoms with Gasteiger partial charge in [-0.15, -0.1) is 20.4 Å². The average molecular weight is 852 g/mol. The van der Waals surface area contributed by atoms with Gasteiger partial charge in [-0.1, -0.05) is 72.8 Å². The molecule has 0 radical (unpaired) electrons. The van der Waals surface area contributed by atoms with E-state index in [1.54, 1.807) is 24.3 Å². The highest BCUT2D eigenvalue weighted by molar-refractivity contribution is 7.88. The van der Waals surface area contributed by atoms with Crippen LogP contribution in [0.25, 0.3) is 22.8 Å². The smallest absolute Gasteiger partial charge is 0.216 e. The summed E-state index contributed by atoms with van der Waals surface area (Å²) in [6.07, 6.45) is -6.90. The van der Waals surface area contributed by atoms with E-state index in [2.05, 4.69) is 40.3 Å². The number of rotatable bonds is 14. The van der Waals surface area contributed by atoms with Crippen LogP contribution in [0.3, 0.4) is 0 Å². The highest BCUT2D eigenvalue weighted by Crippen LogP contribution is 2.31. The van der Waals surface area contributed by atoms with Crippen LogP contribution in [-0.4, -0.2) is 76.6 Å². The normalized spacial score (nSPS) is 12.3. The summed E-state index contributed by atoms with van der Waals surface area (Å²) in [6, 6.07) is 24.4. The summed E-state index contributed by atoms with van der Waals surface area (Å²) >= 11 is 0. The van der Waals surface area contributed by atoms with Gasteiger partial charge < -0.3 is 0 Å². The number of sulfonamides is 1. The molecule has 6 rings (SSSR count). The Morgan fingerprint density at radius 2 is 0.966 bits per heavy atom. The second-order valence-electron chi connectivity index (χ2n) is 12.6. The number of nitrogens with zero attached hydrogens (tertiary/aromatic N) is 8. The predicted molar refractivity (Wildman–Crippen MR) is 199 cm³/mol. The third-order valence-corrected chi connectivity index (χ3v) is 9.40. The number of aromatic nitrogens is 8. The van der Waals surface area contributed by atoms with Crippen LogP contribution in [0.5, 0.6) is 0 Å². The molecule has 15 nitrogen and oxygen atoms in total. The van der Waals surface area contributed by atoms with Crippen LogP contribution in [0, 0.1) is 0 Å². The number of nitrogens with two attached hydrogens (primary N) is 1. The number of hydrogen-bond acceptors (Lipinski definition) is 10. The van der Waals surface area contributed by atoms with Gasteiger partial charge in [0, 0.05) is 24.2 Å². The van der Waals surface area contributed by atoms with Gasteiger partial charge in [0.15, 0.2) is 0 Å². The van der Waals surface area contributed by atoms with Gasteiger partial charge in [0.05, 0.1) is 30.5 Å². The Balaban J connectivity index is 0.000000221. The standard InChI is InChI=1S/C18H18F3N5O2S.C17H17F3N6O2S/c1-29(27,28)22-10-11-26-24-17(23-25-26)16-5-3-2-4-14(16)12-13-6-8-15(9-7-13)18(19,20)21;18-17(19,20)14-7-5-12(6-8-14)11-13-3-1-2-4-15(13)16-23-25-26(24-16)10-9-22-29(21,27)28/h2-9,22H,10-12H2,1H3;1-8,22H,9-11H2,(H2,21,27,28). The van der Waals surface area contributed by atoms with Crippen molar-refractivity contribution in [1.82, 2.24) is 49.9 Å². The van der Waals surface area contributed by atoms with Crippen LogP contribution in [0.4, 0.5) is 26.3 Å². The van der Waals surface area contributed by atoms with Crippen molar-refractivity contribution in [1.29, 1.82) is 0 Å². The molecule has 0 saturated carbocycles. The molecule has 0 aliphatic carbocycles. The lowest BCUT2D eigenvalue weighted by molar-refractivity contribution is -0.138. The minimum Gasteiger partial charge on any atom is -0.216 e. The van der Waals surface area contributed by atoms with E-state index in [0.29, 0.717) is 41.2 Å². The Labute approximate surface area is 328 Å². The fraction of sp³-hybridized carbons (Fsp3) is 0.257. The van der Waals surface area contributed by atoms with Gasteiger partial charge in [-0.3, -0.25) is 0 Å². The Bertz CT molecular complexity index is 2340. The average Bonchev–Trinajstić information content (AvgIpc) is 3.81. The highest BCUT2D eigenvalue weighted by Gasteiger charge is 2.31. The first-order chi connectivity index (χ1) is 27.2. The molecule has 23 heteroatoms. The maximum absolute atomic E-state index is 12.7. The Kier molecular flexibility index (Phi) is 13.7. The SMILES string of the molecule is CS(=O)(=O)NCCn1nnc(-c2ccccc2Cc2ccc(C(F)(F)F)cc2)n1.NS(=O)(=O)NCCn1nnc(-c2ccccc2Cc2ccc(C(F)(F)F)cc2)n1. The van der Waals surface area contributed by atoms with Crippen molar-refractivity contribution in [2.75, 3.05) is 19.3 Å². The van der Waals surface area contributed by atoms with Gasteiger partial charge in [-0.25, -0.2) is 23.0 Å². The third-order valence-electron chi connectivity index (χ3n) is 8.06. The number of alkyl halides is 6. The van der Waals surface area contributed by atoms with Gasteiger partial charge in [0.1, 0.15) is 0 Å². The topological polar surface area (TPSA) is 206 Å². The number of benzene rings is 4. The van der Waals surface area contributed by atoms with Gasteiger partial charge >= 0.3 is 12.4 Å². The Morgan fingerprint density at radius 3 is 1.33 bits per heavy atom. The zero-order chi connectivity index (χ0) is 42.1. The maximum Gasteiger partial charge on any atom is 0.416 e. The zero-order valence-electron chi connectivity index (χ0n) is 30.4. The van der Waals surface area contributed by atoms with E-state index in [1.165, 1.54) is 33.9 Å². The van der Waals surface area contributed by atoms with Crippen molar-refractivity contribution in [2.24, 2.45) is 5.14 Å². The third kappa shape index (κ3) is 13.2. The number of nitrogens with one attached hydrogen (secondary N) is 2. The summed E-state index contributed by atoms with van der Waals surface area (Å²) in [5.41, 5.74) is 3.06. The fourth-order valence-corrected chi connectivity index (χ4v) is 6.20. The first kappa shape index (κ1) is 43.5. The van der Waals surface area contributed by atoms with Crippen molar-refractivity contribution in [3.8, 4) is 22.8 Å². The molecule has 0 bridgehead atoms. The van der Waals surface area contributed by atoms with Crippen molar-refractivity contribution in [3.05, 3.63) is 130 Å². The minimum atomic E-state index is -4.38. The summed E-state index contributed by atoms with van der Waals surface area (Å²) in [6.45, 7) is 0.468. The second kappa shape index (κ2) is 18.3. The highest BCUT2D eigenvalue weighted by atomic mass is 32.2. The van der Waals surface area contributed by atoms with E-state index >= 15 is 0 Å². The van der Waals surface area contributed by atoms with Crippen LogP contribution in [0.2, 0.25) is 0 Å². The molecule has 58 heavy (non-hydrogen) atoms. The van der Waals surface area contributed by atoms with Gasteiger partial charge in [0.2, 0.25) is 21.7 Å². The summed E-state index contributed by atoms with van der Waals surface area (Å²) in [7, 11) is -7.11. The van der Waals surface area contributed by atoms with Crippen molar-refractivity contribution in [2.45, 2.75) is 38.3 Å². The number of tetrazole rings is 2. The van der Waals surface area contributed by atoms with Crippen LogP contribution in [0.1, 0.15) is 33.4 Å². The van der Waals surface area contributed by atoms with Crippen LogP contribution in [-0.2, 0) is 58.5 Å². The fourth-order valence-electron chi connectivity index (χ4n) is 5.36. The molecule has 4 aromatic carbocycles. The Hall–Kier alpha value is -5.62. The van der Waals surface area contributed by atoms with E-state index < -0.39 is 43.7 Å². The lowest BCUT2D eigenvalue weighted by Crippen LogP contribution is -2.33. The first-order valence-electron chi connectivity index (χ1n) is 17.0. The lowest BCUT2D eigenvalue weighted by Gasteiger charge is -2.09. The molecule has 0 fully saturated rings. The summed E-state index contributed by atoms with van der Waals surface area (Å²) in [4.78, 5) is 2.50. The first-order valence-corrected chi connectivity index (χ1v) is 20.4. The van der Waals surface area contributed by atoms with Crippen molar-refractivity contribution < 1.29 is 43.2 Å². The molecule has 0 atom stereocenters. The molecule has 308 valence electrons. The molecule has 0 saturated heterocycles. The van der Waals surface area contributed by atoms with E-state index in [1.807, 2.05) is 24.3 Å². The molecule has 0 aliphatic rings. The lowest BCUT2D eigenvalue weighted by atomic mass is 9.98. The minimum absolute atomic E-state index is 0.00182. The summed E-state index contributed by atoms with van der Waals surface area (Å²) in [5.74, 6) is 0.676. The molecule has 6 aromatic rings. The molecule has 0 aliphatic heterocycles. The summed E-state index contributed by atoms with van der Waals surface area (Å²) < 4.78 is 125. The number of halogens is 6. The second-order valence-corrected chi connectivity index (χ2v) is 15.8. The van der Waals surface area contributed by atoms with Crippen LogP contribution >= 0.6 is 0 Å². The molecule has 0 unspecified atom stereocenters. The van der Waals surface area contributed by atoms with Crippen LogP contribution in [0.15, 0.2) is 97.1 Å². The summed E-state index contributed by atoms with van der Waals surface area (Å²) in [5, 5.41) is 29.1. The molecular formula is C35H35F6N11O4S2. The van der Waals surface area contributed by atoms with E-state index in [9.17, 15) is 43.2 Å². The monoisotopic (exact) mass is 851 g/mol. The van der Waals surface area contributed by atoms with Crippen molar-refractivity contribution in [3.63, 3.8) is 0 Å². The predicted octanol–water partition coefficient (Wildman–Crippen LogP) is 4.24. The van der Waals surface area contributed by atoms with E-state index in [-0.39, 0.29) is 26.2 Å². The zero-order valence-corrected chi connectivity index (χ0v) is 32.0. The molecule has 4 N–H and O–H groups in total. The van der Waals surface area contributed by atoms with E-state index in [4.69, 9.17) is 5.14 Å².